The van der Waals surface area contributed by atoms with Gasteiger partial charge in [0.05, 0.1) is 16.6 Å². The molecule has 2 rings (SSSR count). The first-order valence-electron chi connectivity index (χ1n) is 7.47. The maximum absolute atomic E-state index is 13.7. The third kappa shape index (κ3) is 4.08. The van der Waals surface area contributed by atoms with Crippen molar-refractivity contribution < 1.29 is 4.39 Å². The van der Waals surface area contributed by atoms with E-state index in [9.17, 15) is 4.39 Å². The number of hydrogen-bond donors (Lipinski definition) is 1. The van der Waals surface area contributed by atoms with Gasteiger partial charge in [0, 0.05) is 0 Å². The second-order valence-corrected chi connectivity index (χ2v) is 6.07. The van der Waals surface area contributed by atoms with E-state index in [1.54, 1.807) is 12.1 Å². The minimum atomic E-state index is -0.192. The minimum Gasteiger partial charge on any atom is -0.305 e. The van der Waals surface area contributed by atoms with E-state index in [1.807, 2.05) is 13.0 Å². The molecule has 0 saturated heterocycles. The average Bonchev–Trinajstić information content (AvgIpc) is 2.87. The van der Waals surface area contributed by atoms with Crippen LogP contribution in [0.2, 0.25) is 0 Å². The number of halogens is 1. The molecule has 0 aliphatic heterocycles. The molecular weight excluding hydrogens is 285 g/mol. The van der Waals surface area contributed by atoms with Gasteiger partial charge in [-0.25, -0.2) is 4.39 Å². The van der Waals surface area contributed by atoms with Gasteiger partial charge < -0.3 is 5.32 Å². The Morgan fingerprint density at radius 3 is 2.71 bits per heavy atom. The zero-order valence-corrected chi connectivity index (χ0v) is 13.6. The third-order valence-corrected chi connectivity index (χ3v) is 4.16. The second-order valence-electron chi connectivity index (χ2n) is 5.28. The van der Waals surface area contributed by atoms with Crippen molar-refractivity contribution in [2.45, 2.75) is 46.1 Å². The maximum atomic E-state index is 13.7. The number of nitrogens with one attached hydrogen (secondary N) is 1. The van der Waals surface area contributed by atoms with Crippen molar-refractivity contribution in [1.29, 1.82) is 0 Å². The Bertz CT molecular complexity index is 562. The Morgan fingerprint density at radius 2 is 2.05 bits per heavy atom. The Morgan fingerprint density at radius 1 is 1.24 bits per heavy atom. The molecule has 21 heavy (non-hydrogen) atoms. The number of aryl methyl sites for hydroxylation is 2. The van der Waals surface area contributed by atoms with Crippen LogP contribution in [-0.4, -0.2) is 16.1 Å². The molecule has 5 heteroatoms. The van der Waals surface area contributed by atoms with Crippen LogP contribution in [-0.2, 0) is 6.42 Å². The van der Waals surface area contributed by atoms with Crippen molar-refractivity contribution in [2.24, 2.45) is 0 Å². The van der Waals surface area contributed by atoms with Crippen LogP contribution in [0.3, 0.4) is 0 Å². The van der Waals surface area contributed by atoms with Gasteiger partial charge in [0.25, 0.3) is 0 Å². The summed E-state index contributed by atoms with van der Waals surface area (Å²) in [5.41, 5.74) is 2.91. The molecule has 114 valence electrons. The molecule has 1 atom stereocenters. The fraction of sp³-hybridized carbons (Fsp3) is 0.500. The molecule has 0 amide bonds. The van der Waals surface area contributed by atoms with E-state index in [4.69, 9.17) is 0 Å². The van der Waals surface area contributed by atoms with E-state index in [0.29, 0.717) is 0 Å². The molecule has 0 aliphatic carbocycles. The molecule has 1 unspecified atom stereocenters. The molecule has 1 N–H and O–H groups in total. The number of hydrogen-bond acceptors (Lipinski definition) is 4. The summed E-state index contributed by atoms with van der Waals surface area (Å²) < 4.78 is 17.8. The first-order chi connectivity index (χ1) is 10.2. The molecule has 1 aromatic heterocycles. The fourth-order valence-electron chi connectivity index (χ4n) is 2.43. The zero-order chi connectivity index (χ0) is 15.2. The van der Waals surface area contributed by atoms with Crippen molar-refractivity contribution in [1.82, 2.24) is 14.9 Å². The van der Waals surface area contributed by atoms with Gasteiger partial charge in [0.2, 0.25) is 0 Å². The summed E-state index contributed by atoms with van der Waals surface area (Å²) in [4.78, 5) is 1.11. The SMILES string of the molecule is CCCNC(c1cc(C)cc(F)c1)c1snnc1CCC. The van der Waals surface area contributed by atoms with E-state index in [2.05, 4.69) is 28.8 Å². The minimum absolute atomic E-state index is 0.0269. The van der Waals surface area contributed by atoms with Crippen molar-refractivity contribution in [3.63, 3.8) is 0 Å². The molecule has 0 radical (unpaired) electrons. The molecule has 3 nitrogen and oxygen atoms in total. The van der Waals surface area contributed by atoms with Crippen LogP contribution >= 0.6 is 11.5 Å². The molecule has 0 fully saturated rings. The highest BCUT2D eigenvalue weighted by Gasteiger charge is 2.21. The molecule has 0 aliphatic rings. The highest BCUT2D eigenvalue weighted by molar-refractivity contribution is 7.05. The zero-order valence-electron chi connectivity index (χ0n) is 12.8. The van der Waals surface area contributed by atoms with Crippen LogP contribution < -0.4 is 5.32 Å². The lowest BCUT2D eigenvalue weighted by Crippen LogP contribution is -2.23. The third-order valence-electron chi connectivity index (χ3n) is 3.33. The van der Waals surface area contributed by atoms with Crippen molar-refractivity contribution in [3.8, 4) is 0 Å². The van der Waals surface area contributed by atoms with E-state index in [-0.39, 0.29) is 11.9 Å². The van der Waals surface area contributed by atoms with Gasteiger partial charge in [-0.2, -0.15) is 0 Å². The summed E-state index contributed by atoms with van der Waals surface area (Å²) in [7, 11) is 0. The van der Waals surface area contributed by atoms with Crippen LogP contribution in [0.4, 0.5) is 4.39 Å². The van der Waals surface area contributed by atoms with Gasteiger partial charge in [-0.15, -0.1) is 5.10 Å². The Balaban J connectivity index is 2.39. The molecular formula is C16H22FN3S. The molecule has 1 heterocycles. The van der Waals surface area contributed by atoms with Gasteiger partial charge in [-0.3, -0.25) is 0 Å². The lowest BCUT2D eigenvalue weighted by molar-refractivity contribution is 0.585. The van der Waals surface area contributed by atoms with Gasteiger partial charge in [0.1, 0.15) is 5.82 Å². The maximum Gasteiger partial charge on any atom is 0.123 e. The average molecular weight is 307 g/mol. The Kier molecular flexibility index (Phi) is 5.82. The van der Waals surface area contributed by atoms with Gasteiger partial charge in [0.15, 0.2) is 0 Å². The van der Waals surface area contributed by atoms with Crippen LogP contribution in [0.5, 0.6) is 0 Å². The quantitative estimate of drug-likeness (QED) is 0.839. The Hall–Kier alpha value is -1.33. The van der Waals surface area contributed by atoms with Crippen molar-refractivity contribution in [3.05, 3.63) is 45.7 Å². The number of rotatable bonds is 7. The fourth-order valence-corrected chi connectivity index (χ4v) is 3.23. The normalized spacial score (nSPS) is 12.6. The lowest BCUT2D eigenvalue weighted by atomic mass is 10.0. The molecule has 0 saturated carbocycles. The van der Waals surface area contributed by atoms with Crippen LogP contribution in [0.15, 0.2) is 18.2 Å². The van der Waals surface area contributed by atoms with Crippen molar-refractivity contribution >= 4 is 11.5 Å². The van der Waals surface area contributed by atoms with E-state index < -0.39 is 0 Å². The van der Waals surface area contributed by atoms with Crippen molar-refractivity contribution in [2.75, 3.05) is 6.54 Å². The number of benzene rings is 1. The summed E-state index contributed by atoms with van der Waals surface area (Å²) >= 11 is 1.41. The highest BCUT2D eigenvalue weighted by atomic mass is 32.1. The number of nitrogens with zero attached hydrogens (tertiary/aromatic N) is 2. The van der Waals surface area contributed by atoms with Crippen LogP contribution in [0.25, 0.3) is 0 Å². The van der Waals surface area contributed by atoms with Crippen LogP contribution in [0, 0.1) is 12.7 Å². The topological polar surface area (TPSA) is 37.8 Å². The van der Waals surface area contributed by atoms with E-state index in [0.717, 1.165) is 47.5 Å². The largest absolute Gasteiger partial charge is 0.305 e. The van der Waals surface area contributed by atoms with E-state index >= 15 is 0 Å². The molecule has 1 aromatic carbocycles. The molecule has 0 spiro atoms. The van der Waals surface area contributed by atoms with Gasteiger partial charge in [-0.1, -0.05) is 30.8 Å². The van der Waals surface area contributed by atoms with E-state index in [1.165, 1.54) is 11.5 Å². The molecule has 0 bridgehead atoms. The highest BCUT2D eigenvalue weighted by Crippen LogP contribution is 2.29. The summed E-state index contributed by atoms with van der Waals surface area (Å²) in [6.07, 6.45) is 2.96. The second kappa shape index (κ2) is 7.61. The standard InChI is InChI=1S/C16H22FN3S/c1-4-6-14-16(21-20-19-14)15(18-7-5-2)12-8-11(3)9-13(17)10-12/h8-10,15,18H,4-7H2,1-3H3. The summed E-state index contributed by atoms with van der Waals surface area (Å²) in [5.74, 6) is -0.192. The van der Waals surface area contributed by atoms with Gasteiger partial charge in [-0.05, 0) is 61.1 Å². The number of aromatic nitrogens is 2. The smallest absolute Gasteiger partial charge is 0.123 e. The molecule has 2 aromatic rings. The van der Waals surface area contributed by atoms with Gasteiger partial charge >= 0.3 is 0 Å². The Labute approximate surface area is 129 Å². The first kappa shape index (κ1) is 16.0. The first-order valence-corrected chi connectivity index (χ1v) is 8.24. The predicted molar refractivity (Wildman–Crippen MR) is 85.2 cm³/mol. The summed E-state index contributed by atoms with van der Waals surface area (Å²) in [5, 5.41) is 7.75. The predicted octanol–water partition coefficient (Wildman–Crippen LogP) is 4.03. The summed E-state index contributed by atoms with van der Waals surface area (Å²) in [6, 6.07) is 5.17. The summed E-state index contributed by atoms with van der Waals surface area (Å²) in [6.45, 7) is 7.05. The van der Waals surface area contributed by atoms with Crippen LogP contribution in [0.1, 0.15) is 54.4 Å². The monoisotopic (exact) mass is 307 g/mol. The lowest BCUT2D eigenvalue weighted by Gasteiger charge is -2.19.